The van der Waals surface area contributed by atoms with E-state index in [9.17, 15) is 12.8 Å². The molecule has 0 amide bonds. The largest absolute Gasteiger partial charge is 0.279 e. The van der Waals surface area contributed by atoms with Gasteiger partial charge in [-0.15, -0.1) is 0 Å². The average Bonchev–Trinajstić information content (AvgIpc) is 2.46. The van der Waals surface area contributed by atoms with Crippen molar-refractivity contribution in [3.05, 3.63) is 48.2 Å². The van der Waals surface area contributed by atoms with Crippen molar-refractivity contribution < 1.29 is 12.8 Å². The fraction of sp³-hybridized carbons (Fsp3) is 0.231. The summed E-state index contributed by atoms with van der Waals surface area (Å²) in [5.74, 6) is -0.327. The quantitative estimate of drug-likeness (QED) is 0.900. The maximum Gasteiger partial charge on any atom is 0.279 e. The third-order valence-electron chi connectivity index (χ3n) is 2.78. The summed E-state index contributed by atoms with van der Waals surface area (Å²) in [6.45, 7) is 0.0528. The van der Waals surface area contributed by atoms with Crippen molar-refractivity contribution in [3.63, 3.8) is 0 Å². The van der Waals surface area contributed by atoms with Crippen molar-refractivity contribution in [2.45, 2.75) is 6.54 Å². The third kappa shape index (κ3) is 4.03. The number of rotatable bonds is 5. The van der Waals surface area contributed by atoms with Crippen molar-refractivity contribution >= 4 is 10.2 Å². The summed E-state index contributed by atoms with van der Waals surface area (Å²) in [4.78, 5) is 8.11. The predicted molar refractivity (Wildman–Crippen MR) is 76.9 cm³/mol. The van der Waals surface area contributed by atoms with Crippen molar-refractivity contribution in [2.75, 3.05) is 14.1 Å². The molecule has 1 heterocycles. The van der Waals surface area contributed by atoms with Crippen LogP contribution in [0, 0.1) is 5.82 Å². The topological polar surface area (TPSA) is 75.2 Å². The first-order chi connectivity index (χ1) is 9.88. The highest BCUT2D eigenvalue weighted by molar-refractivity contribution is 7.87. The standard InChI is InChI=1S/C13H15FN4O2S/c1-18(2)21(19,20)17-8-12-7-13(16-9-15-12)10-3-5-11(14)6-4-10/h3-7,9,17H,8H2,1-2H3. The van der Waals surface area contributed by atoms with E-state index in [1.165, 1.54) is 32.6 Å². The van der Waals surface area contributed by atoms with Crippen LogP contribution in [-0.2, 0) is 16.8 Å². The van der Waals surface area contributed by atoms with Gasteiger partial charge in [0.1, 0.15) is 12.1 Å². The van der Waals surface area contributed by atoms with E-state index in [1.54, 1.807) is 18.2 Å². The van der Waals surface area contributed by atoms with Crippen LogP contribution in [0.2, 0.25) is 0 Å². The maximum absolute atomic E-state index is 12.9. The molecule has 0 fully saturated rings. The van der Waals surface area contributed by atoms with Gasteiger partial charge in [-0.1, -0.05) is 0 Å². The van der Waals surface area contributed by atoms with Gasteiger partial charge in [-0.05, 0) is 30.3 Å². The molecule has 0 unspecified atom stereocenters. The van der Waals surface area contributed by atoms with Gasteiger partial charge in [0.05, 0.1) is 17.9 Å². The molecule has 112 valence electrons. The molecule has 21 heavy (non-hydrogen) atoms. The maximum atomic E-state index is 12.9. The highest BCUT2D eigenvalue weighted by Gasteiger charge is 2.13. The molecule has 0 saturated heterocycles. The number of hydrogen-bond donors (Lipinski definition) is 1. The summed E-state index contributed by atoms with van der Waals surface area (Å²) < 4.78 is 39.6. The molecule has 2 rings (SSSR count). The summed E-state index contributed by atoms with van der Waals surface area (Å²) in [6, 6.07) is 7.54. The molecule has 1 aromatic carbocycles. The number of nitrogens with one attached hydrogen (secondary N) is 1. The Balaban J connectivity index is 2.17. The number of aromatic nitrogens is 2. The number of halogens is 1. The Kier molecular flexibility index (Phi) is 4.61. The number of hydrogen-bond acceptors (Lipinski definition) is 4. The Morgan fingerprint density at radius 1 is 1.19 bits per heavy atom. The summed E-state index contributed by atoms with van der Waals surface area (Å²) in [5.41, 5.74) is 1.86. The SMILES string of the molecule is CN(C)S(=O)(=O)NCc1cc(-c2ccc(F)cc2)ncn1. The molecule has 0 saturated carbocycles. The van der Waals surface area contributed by atoms with Gasteiger partial charge >= 0.3 is 0 Å². The van der Waals surface area contributed by atoms with Crippen LogP contribution in [-0.4, -0.2) is 36.8 Å². The second kappa shape index (κ2) is 6.25. The normalized spacial score (nSPS) is 11.8. The molecule has 2 aromatic rings. The first kappa shape index (κ1) is 15.5. The molecule has 0 aliphatic carbocycles. The number of nitrogens with zero attached hydrogens (tertiary/aromatic N) is 3. The van der Waals surface area contributed by atoms with E-state index in [-0.39, 0.29) is 12.4 Å². The van der Waals surface area contributed by atoms with Crippen molar-refractivity contribution in [2.24, 2.45) is 0 Å². The number of benzene rings is 1. The van der Waals surface area contributed by atoms with Gasteiger partial charge in [-0.25, -0.2) is 14.4 Å². The lowest BCUT2D eigenvalue weighted by atomic mass is 10.1. The average molecular weight is 310 g/mol. The fourth-order valence-electron chi connectivity index (χ4n) is 1.57. The molecule has 1 aromatic heterocycles. The van der Waals surface area contributed by atoms with Crippen LogP contribution in [0.25, 0.3) is 11.3 Å². The van der Waals surface area contributed by atoms with Crippen molar-refractivity contribution in [1.82, 2.24) is 19.0 Å². The van der Waals surface area contributed by atoms with Gasteiger partial charge in [0, 0.05) is 19.7 Å². The molecule has 6 nitrogen and oxygen atoms in total. The Morgan fingerprint density at radius 3 is 2.48 bits per heavy atom. The minimum atomic E-state index is -3.51. The highest BCUT2D eigenvalue weighted by atomic mass is 32.2. The van der Waals surface area contributed by atoms with Gasteiger partial charge in [0.2, 0.25) is 0 Å². The van der Waals surface area contributed by atoms with E-state index in [0.717, 1.165) is 9.87 Å². The molecule has 0 aliphatic rings. The van der Waals surface area contributed by atoms with Crippen LogP contribution in [0.15, 0.2) is 36.7 Å². The Bertz CT molecular complexity index is 717. The van der Waals surface area contributed by atoms with Crippen LogP contribution in [0.3, 0.4) is 0 Å². The van der Waals surface area contributed by atoms with E-state index < -0.39 is 10.2 Å². The lowest BCUT2D eigenvalue weighted by Gasteiger charge is -2.12. The lowest BCUT2D eigenvalue weighted by Crippen LogP contribution is -2.35. The molecule has 0 bridgehead atoms. The molecule has 8 heteroatoms. The summed E-state index contributed by atoms with van der Waals surface area (Å²) in [6.07, 6.45) is 1.35. The molecule has 1 N–H and O–H groups in total. The second-order valence-corrected chi connectivity index (χ2v) is 6.48. The monoisotopic (exact) mass is 310 g/mol. The first-order valence-corrected chi connectivity index (χ1v) is 7.56. The van der Waals surface area contributed by atoms with Crippen molar-refractivity contribution in [3.8, 4) is 11.3 Å². The Hall–Kier alpha value is -1.90. The van der Waals surface area contributed by atoms with Crippen LogP contribution in [0.4, 0.5) is 4.39 Å². The third-order valence-corrected chi connectivity index (χ3v) is 4.25. The fourth-order valence-corrected chi connectivity index (χ4v) is 2.16. The van der Waals surface area contributed by atoms with Crippen molar-refractivity contribution in [1.29, 1.82) is 0 Å². The molecular weight excluding hydrogens is 295 g/mol. The second-order valence-electron chi connectivity index (χ2n) is 4.51. The zero-order valence-corrected chi connectivity index (χ0v) is 12.4. The van der Waals surface area contributed by atoms with E-state index in [1.807, 2.05) is 0 Å². The minimum absolute atomic E-state index is 0.0528. The van der Waals surface area contributed by atoms with E-state index in [2.05, 4.69) is 14.7 Å². The lowest BCUT2D eigenvalue weighted by molar-refractivity contribution is 0.504. The van der Waals surface area contributed by atoms with Crippen LogP contribution in [0.5, 0.6) is 0 Å². The zero-order valence-electron chi connectivity index (χ0n) is 11.6. The van der Waals surface area contributed by atoms with Gasteiger partial charge in [-0.3, -0.25) is 0 Å². The minimum Gasteiger partial charge on any atom is -0.240 e. The molecule has 0 radical (unpaired) electrons. The molecule has 0 aliphatic heterocycles. The van der Waals surface area contributed by atoms with E-state index in [4.69, 9.17) is 0 Å². The van der Waals surface area contributed by atoms with Gasteiger partial charge < -0.3 is 0 Å². The van der Waals surface area contributed by atoms with E-state index >= 15 is 0 Å². The molecule has 0 spiro atoms. The Morgan fingerprint density at radius 2 is 1.86 bits per heavy atom. The summed E-state index contributed by atoms with van der Waals surface area (Å²) in [7, 11) is -0.633. The molecule has 0 atom stereocenters. The van der Waals surface area contributed by atoms with E-state index in [0.29, 0.717) is 11.4 Å². The predicted octanol–water partition coefficient (Wildman–Crippen LogP) is 1.18. The highest BCUT2D eigenvalue weighted by Crippen LogP contribution is 2.17. The van der Waals surface area contributed by atoms with Crippen LogP contribution in [0.1, 0.15) is 5.69 Å². The van der Waals surface area contributed by atoms with Gasteiger partial charge in [0.25, 0.3) is 10.2 Å². The Labute approximate surface area is 122 Å². The van der Waals surface area contributed by atoms with Gasteiger partial charge in [0.15, 0.2) is 0 Å². The van der Waals surface area contributed by atoms with Crippen LogP contribution >= 0.6 is 0 Å². The zero-order chi connectivity index (χ0) is 15.5. The van der Waals surface area contributed by atoms with Gasteiger partial charge in [-0.2, -0.15) is 17.4 Å². The summed E-state index contributed by atoms with van der Waals surface area (Å²) in [5, 5.41) is 0. The smallest absolute Gasteiger partial charge is 0.240 e. The summed E-state index contributed by atoms with van der Waals surface area (Å²) >= 11 is 0. The first-order valence-electron chi connectivity index (χ1n) is 6.12. The molecular formula is C13H15FN4O2S. The van der Waals surface area contributed by atoms with Crippen LogP contribution < -0.4 is 4.72 Å².